The second kappa shape index (κ2) is 6.12. The third-order valence-electron chi connectivity index (χ3n) is 3.62. The van der Waals surface area contributed by atoms with Gasteiger partial charge in [-0.25, -0.2) is 9.18 Å². The Balaban J connectivity index is 1.91. The third kappa shape index (κ3) is 3.32. The summed E-state index contributed by atoms with van der Waals surface area (Å²) in [5.74, 6) is 0. The van der Waals surface area contributed by atoms with Gasteiger partial charge in [-0.1, -0.05) is 30.3 Å². The van der Waals surface area contributed by atoms with E-state index in [0.717, 1.165) is 4.90 Å². The summed E-state index contributed by atoms with van der Waals surface area (Å²) >= 11 is 0. The van der Waals surface area contributed by atoms with Gasteiger partial charge >= 0.3 is 12.3 Å². The van der Waals surface area contributed by atoms with Crippen LogP contribution in [0, 0.1) is 0 Å². The van der Waals surface area contributed by atoms with Gasteiger partial charge in [-0.3, -0.25) is 0 Å². The van der Waals surface area contributed by atoms with Gasteiger partial charge in [-0.15, -0.1) is 0 Å². The number of aliphatic hydroxyl groups is 1. The predicted octanol–water partition coefficient (Wildman–Crippen LogP) is 2.66. The van der Waals surface area contributed by atoms with Crippen molar-refractivity contribution in [1.82, 2.24) is 4.90 Å². The van der Waals surface area contributed by atoms with Gasteiger partial charge in [0.25, 0.3) is 0 Å². The summed E-state index contributed by atoms with van der Waals surface area (Å²) < 4.78 is 56.6. The van der Waals surface area contributed by atoms with Gasteiger partial charge in [0.05, 0.1) is 6.54 Å². The molecule has 4 nitrogen and oxygen atoms in total. The summed E-state index contributed by atoms with van der Waals surface area (Å²) in [6, 6.07) is 8.69. The number of likely N-dealkylation sites (tertiary alicyclic amines) is 1. The van der Waals surface area contributed by atoms with Crippen LogP contribution in [0.1, 0.15) is 12.0 Å². The molecule has 0 bridgehead atoms. The summed E-state index contributed by atoms with van der Waals surface area (Å²) in [6.07, 6.45) is -9.51. The molecule has 1 unspecified atom stereocenters. The van der Waals surface area contributed by atoms with Crippen molar-refractivity contribution in [3.05, 3.63) is 35.9 Å². The van der Waals surface area contributed by atoms with E-state index in [9.17, 15) is 27.5 Å². The first kappa shape index (κ1) is 16.5. The zero-order valence-electron chi connectivity index (χ0n) is 11.5. The van der Waals surface area contributed by atoms with Gasteiger partial charge in [0.15, 0.2) is 11.8 Å². The monoisotopic (exact) mass is 321 g/mol. The Bertz CT molecular complexity index is 523. The fourth-order valence-electron chi connectivity index (χ4n) is 2.19. The van der Waals surface area contributed by atoms with Crippen molar-refractivity contribution in [3.63, 3.8) is 0 Å². The molecule has 2 rings (SSSR count). The quantitative estimate of drug-likeness (QED) is 0.852. The first-order chi connectivity index (χ1) is 10.2. The number of piperidine rings is 1. The number of halogens is 4. The van der Waals surface area contributed by atoms with Crippen LogP contribution >= 0.6 is 0 Å². The predicted molar refractivity (Wildman–Crippen MR) is 68.7 cm³/mol. The number of ether oxygens (including phenoxy) is 1. The van der Waals surface area contributed by atoms with Crippen LogP contribution in [0.5, 0.6) is 0 Å². The van der Waals surface area contributed by atoms with Crippen molar-refractivity contribution in [2.45, 2.75) is 31.0 Å². The molecule has 2 atom stereocenters. The van der Waals surface area contributed by atoms with Crippen molar-refractivity contribution in [3.8, 4) is 0 Å². The van der Waals surface area contributed by atoms with Gasteiger partial charge in [0, 0.05) is 13.0 Å². The van der Waals surface area contributed by atoms with Crippen LogP contribution in [0.25, 0.3) is 0 Å². The van der Waals surface area contributed by atoms with E-state index in [2.05, 4.69) is 0 Å². The van der Waals surface area contributed by atoms with E-state index in [4.69, 9.17) is 4.74 Å². The topological polar surface area (TPSA) is 49.8 Å². The zero-order valence-corrected chi connectivity index (χ0v) is 11.5. The minimum absolute atomic E-state index is 0.0589. The average molecular weight is 321 g/mol. The lowest BCUT2D eigenvalue weighted by atomic mass is 9.89. The van der Waals surface area contributed by atoms with Crippen LogP contribution in [-0.2, 0) is 11.3 Å². The highest BCUT2D eigenvalue weighted by Crippen LogP contribution is 2.40. The minimum Gasteiger partial charge on any atom is -0.445 e. The Hall–Kier alpha value is -1.83. The Kier molecular flexibility index (Phi) is 4.60. The lowest BCUT2D eigenvalue weighted by Gasteiger charge is -2.40. The van der Waals surface area contributed by atoms with E-state index in [0.29, 0.717) is 5.56 Å². The standard InChI is InChI=1S/C14H15F4NO3/c15-11-8-19(7-6-13(11,21)14(16,17)18)12(20)22-9-10-4-2-1-3-5-10/h1-5,11,21H,6-9H2/t11?,13-/m1/s1. The molecule has 1 N–H and O–H groups in total. The molecule has 22 heavy (non-hydrogen) atoms. The summed E-state index contributed by atoms with van der Waals surface area (Å²) in [6.45, 7) is -1.34. The number of amides is 1. The molecule has 0 aliphatic carbocycles. The van der Waals surface area contributed by atoms with Crippen molar-refractivity contribution in [2.75, 3.05) is 13.1 Å². The minimum atomic E-state index is -5.08. The van der Waals surface area contributed by atoms with Crippen molar-refractivity contribution < 1.29 is 32.2 Å². The maximum Gasteiger partial charge on any atom is 0.420 e. The van der Waals surface area contributed by atoms with Crippen molar-refractivity contribution in [1.29, 1.82) is 0 Å². The molecule has 1 saturated heterocycles. The fourth-order valence-corrected chi connectivity index (χ4v) is 2.19. The highest BCUT2D eigenvalue weighted by molar-refractivity contribution is 5.68. The number of hydrogen-bond acceptors (Lipinski definition) is 3. The van der Waals surface area contributed by atoms with E-state index >= 15 is 0 Å². The molecular formula is C14H15F4NO3. The lowest BCUT2D eigenvalue weighted by molar-refractivity contribution is -0.291. The van der Waals surface area contributed by atoms with E-state index in [1.807, 2.05) is 0 Å². The largest absolute Gasteiger partial charge is 0.445 e. The molecule has 0 aromatic heterocycles. The van der Waals surface area contributed by atoms with Crippen LogP contribution in [-0.4, -0.2) is 47.1 Å². The molecule has 0 saturated carbocycles. The average Bonchev–Trinajstić information content (AvgIpc) is 2.47. The second-order valence-electron chi connectivity index (χ2n) is 5.13. The first-order valence-electron chi connectivity index (χ1n) is 6.63. The van der Waals surface area contributed by atoms with Gasteiger partial charge in [-0.05, 0) is 5.56 Å². The molecule has 1 aromatic rings. The molecule has 122 valence electrons. The van der Waals surface area contributed by atoms with E-state index < -0.39 is 43.6 Å². The van der Waals surface area contributed by atoms with Crippen LogP contribution in [0.3, 0.4) is 0 Å². The Morgan fingerprint density at radius 3 is 2.55 bits per heavy atom. The van der Waals surface area contributed by atoms with Gasteiger partial charge in [0.1, 0.15) is 6.61 Å². The van der Waals surface area contributed by atoms with Crippen molar-refractivity contribution in [2.24, 2.45) is 0 Å². The highest BCUT2D eigenvalue weighted by Gasteiger charge is 2.61. The first-order valence-corrected chi connectivity index (χ1v) is 6.63. The number of benzene rings is 1. The summed E-state index contributed by atoms with van der Waals surface area (Å²) in [7, 11) is 0. The third-order valence-corrected chi connectivity index (χ3v) is 3.62. The Labute approximate surface area is 124 Å². The molecule has 8 heteroatoms. The lowest BCUT2D eigenvalue weighted by Crippen LogP contribution is -2.62. The number of carbonyl (C=O) groups is 1. The van der Waals surface area contributed by atoms with E-state index in [-0.39, 0.29) is 6.61 Å². The molecule has 1 amide bonds. The second-order valence-corrected chi connectivity index (χ2v) is 5.13. The van der Waals surface area contributed by atoms with E-state index in [1.54, 1.807) is 30.3 Å². The van der Waals surface area contributed by atoms with Crippen LogP contribution in [0.4, 0.5) is 22.4 Å². The zero-order chi connectivity index (χ0) is 16.4. The number of alkyl halides is 4. The Morgan fingerprint density at radius 1 is 1.36 bits per heavy atom. The van der Waals surface area contributed by atoms with E-state index in [1.165, 1.54) is 0 Å². The molecule has 1 fully saturated rings. The SMILES string of the molecule is O=C(OCc1ccccc1)N1CC[C@](O)(C(F)(F)F)C(F)C1. The number of carbonyl (C=O) groups excluding carboxylic acids is 1. The maximum absolute atomic E-state index is 13.7. The molecule has 0 radical (unpaired) electrons. The summed E-state index contributed by atoms with van der Waals surface area (Å²) in [5, 5.41) is 9.40. The van der Waals surface area contributed by atoms with Crippen molar-refractivity contribution >= 4 is 6.09 Å². The number of hydrogen-bond donors (Lipinski definition) is 1. The van der Waals surface area contributed by atoms with Crippen LogP contribution in [0.2, 0.25) is 0 Å². The number of nitrogens with zero attached hydrogens (tertiary/aromatic N) is 1. The molecule has 1 aliphatic rings. The van der Waals surface area contributed by atoms with Crippen LogP contribution in [0.15, 0.2) is 30.3 Å². The van der Waals surface area contributed by atoms with Gasteiger partial charge < -0.3 is 14.7 Å². The molecule has 0 spiro atoms. The molecule has 1 heterocycles. The summed E-state index contributed by atoms with van der Waals surface area (Å²) in [4.78, 5) is 12.6. The van der Waals surface area contributed by atoms with Gasteiger partial charge in [0.2, 0.25) is 0 Å². The normalized spacial score (nSPS) is 25.9. The summed E-state index contributed by atoms with van der Waals surface area (Å²) in [5.41, 5.74) is -2.71. The molecular weight excluding hydrogens is 306 g/mol. The Morgan fingerprint density at radius 2 is 2.00 bits per heavy atom. The molecule has 1 aromatic carbocycles. The molecule has 1 aliphatic heterocycles. The maximum atomic E-state index is 13.7. The smallest absolute Gasteiger partial charge is 0.420 e. The number of rotatable bonds is 2. The van der Waals surface area contributed by atoms with Gasteiger partial charge in [-0.2, -0.15) is 13.2 Å². The van der Waals surface area contributed by atoms with Crippen LogP contribution < -0.4 is 0 Å². The fraction of sp³-hybridized carbons (Fsp3) is 0.500. The highest BCUT2D eigenvalue weighted by atomic mass is 19.4.